The van der Waals surface area contributed by atoms with Gasteiger partial charge in [0.25, 0.3) is 14.1 Å². The standard InChI is InChI=1S/C20H30N7O6P/c1-12(2)27(13(3)4)34(31-7-5-6-21)33-14-8-16(32-15(14)9-22-20(29)30)26-11-25-17-18(26)23-10-24-19(17)28/h10-16,22H,5,7-9H2,1-4H3,(H,29,30)(H,23,24,28)/t14-,15-,16-,34?/m1/s1. The first-order valence-electron chi connectivity index (χ1n) is 11.0. The van der Waals surface area contributed by atoms with Gasteiger partial charge < -0.3 is 29.2 Å². The summed E-state index contributed by atoms with van der Waals surface area (Å²) in [6.45, 7) is 8.35. The largest absolute Gasteiger partial charge is 0.465 e. The maximum atomic E-state index is 12.0. The van der Waals surface area contributed by atoms with E-state index in [0.29, 0.717) is 12.1 Å². The van der Waals surface area contributed by atoms with E-state index in [0.717, 1.165) is 0 Å². The van der Waals surface area contributed by atoms with Crippen molar-refractivity contribution in [2.45, 2.75) is 71.1 Å². The minimum absolute atomic E-state index is 0.00185. The van der Waals surface area contributed by atoms with E-state index in [4.69, 9.17) is 24.2 Å². The molecular formula is C20H30N7O6P. The van der Waals surface area contributed by atoms with Crippen molar-refractivity contribution in [2.24, 2.45) is 0 Å². The van der Waals surface area contributed by atoms with Crippen molar-refractivity contribution in [3.63, 3.8) is 0 Å². The summed E-state index contributed by atoms with van der Waals surface area (Å²) < 4.78 is 22.3. The summed E-state index contributed by atoms with van der Waals surface area (Å²) in [6.07, 6.45) is 0.453. The second-order valence-electron chi connectivity index (χ2n) is 8.30. The van der Waals surface area contributed by atoms with Gasteiger partial charge in [-0.1, -0.05) is 0 Å². The van der Waals surface area contributed by atoms with Gasteiger partial charge in [-0.15, -0.1) is 0 Å². The minimum Gasteiger partial charge on any atom is -0.465 e. The Morgan fingerprint density at radius 1 is 1.44 bits per heavy atom. The molecule has 186 valence electrons. The number of aromatic nitrogens is 4. The monoisotopic (exact) mass is 495 g/mol. The van der Waals surface area contributed by atoms with Crippen LogP contribution in [0, 0.1) is 11.3 Å². The molecule has 3 N–H and O–H groups in total. The summed E-state index contributed by atoms with van der Waals surface area (Å²) in [4.78, 5) is 34.0. The molecule has 0 saturated carbocycles. The molecule has 34 heavy (non-hydrogen) atoms. The molecule has 0 spiro atoms. The van der Waals surface area contributed by atoms with Crippen molar-refractivity contribution in [3.8, 4) is 6.07 Å². The highest BCUT2D eigenvalue weighted by molar-refractivity contribution is 7.44. The number of imidazole rings is 1. The fourth-order valence-corrected chi connectivity index (χ4v) is 5.60. The Bertz CT molecular complexity index is 1060. The van der Waals surface area contributed by atoms with Crippen LogP contribution in [-0.4, -0.2) is 72.8 Å². The number of ether oxygens (including phenoxy) is 1. The number of H-pyrrole nitrogens is 1. The molecule has 3 rings (SSSR count). The van der Waals surface area contributed by atoms with Gasteiger partial charge in [-0.3, -0.25) is 9.36 Å². The van der Waals surface area contributed by atoms with Gasteiger partial charge in [-0.05, 0) is 27.7 Å². The number of carbonyl (C=O) groups is 1. The van der Waals surface area contributed by atoms with Crippen LogP contribution in [-0.2, 0) is 13.8 Å². The zero-order valence-electron chi connectivity index (χ0n) is 19.5. The number of fused-ring (bicyclic) bond motifs is 1. The molecular weight excluding hydrogens is 465 g/mol. The van der Waals surface area contributed by atoms with Gasteiger partial charge in [0.05, 0.1) is 37.9 Å². The maximum absolute atomic E-state index is 12.0. The third-order valence-electron chi connectivity index (χ3n) is 5.20. The summed E-state index contributed by atoms with van der Waals surface area (Å²) in [5.41, 5.74) is 0.180. The van der Waals surface area contributed by atoms with Gasteiger partial charge in [-0.25, -0.2) is 19.4 Å². The third-order valence-corrected chi connectivity index (χ3v) is 7.35. The number of hydrogen-bond acceptors (Lipinski definition) is 9. The van der Waals surface area contributed by atoms with Crippen molar-refractivity contribution in [3.05, 3.63) is 23.0 Å². The number of hydrogen-bond donors (Lipinski definition) is 3. The van der Waals surface area contributed by atoms with Gasteiger partial charge in [0.2, 0.25) is 0 Å². The molecule has 4 atom stereocenters. The van der Waals surface area contributed by atoms with Gasteiger partial charge in [0, 0.05) is 25.0 Å². The zero-order chi connectivity index (χ0) is 24.8. The predicted molar refractivity (Wildman–Crippen MR) is 123 cm³/mol. The SMILES string of the molecule is CC(C)N(C(C)C)P(OCCC#N)O[C@@H]1C[C@H](n2cnc3c(=O)[nH]cnc32)O[C@@H]1CNC(=O)O. The summed E-state index contributed by atoms with van der Waals surface area (Å²) in [5, 5.41) is 20.4. The minimum atomic E-state index is -1.56. The van der Waals surface area contributed by atoms with Crippen molar-refractivity contribution >= 4 is 25.8 Å². The normalized spacial score (nSPS) is 21.4. The summed E-state index contributed by atoms with van der Waals surface area (Å²) >= 11 is 0. The molecule has 2 aromatic heterocycles. The van der Waals surface area contributed by atoms with E-state index in [2.05, 4.69) is 31.0 Å². The van der Waals surface area contributed by atoms with Crippen LogP contribution in [0.2, 0.25) is 0 Å². The summed E-state index contributed by atoms with van der Waals surface area (Å²) in [6, 6.07) is 2.28. The quantitative estimate of drug-likeness (QED) is 0.311. The van der Waals surface area contributed by atoms with Crippen LogP contribution in [0.15, 0.2) is 17.4 Å². The Hall–Kier alpha value is -2.62. The molecule has 3 heterocycles. The molecule has 1 saturated heterocycles. The number of amides is 1. The molecule has 13 nitrogen and oxygen atoms in total. The van der Waals surface area contributed by atoms with E-state index in [9.17, 15) is 9.59 Å². The lowest BCUT2D eigenvalue weighted by atomic mass is 10.2. The molecule has 1 amide bonds. The second kappa shape index (κ2) is 11.7. The van der Waals surface area contributed by atoms with Crippen LogP contribution in [0.1, 0.15) is 46.8 Å². The van der Waals surface area contributed by atoms with Crippen LogP contribution >= 0.6 is 8.53 Å². The van der Waals surface area contributed by atoms with Crippen LogP contribution < -0.4 is 10.9 Å². The Kier molecular flexibility index (Phi) is 8.93. The Morgan fingerprint density at radius 2 is 2.18 bits per heavy atom. The highest BCUT2D eigenvalue weighted by Gasteiger charge is 2.41. The highest BCUT2D eigenvalue weighted by Crippen LogP contribution is 2.50. The van der Waals surface area contributed by atoms with Gasteiger partial charge in [0.15, 0.2) is 11.2 Å². The fourth-order valence-electron chi connectivity index (χ4n) is 3.84. The first-order valence-corrected chi connectivity index (χ1v) is 12.1. The van der Waals surface area contributed by atoms with Crippen LogP contribution in [0.4, 0.5) is 4.79 Å². The molecule has 2 aromatic rings. The number of nitrogens with zero attached hydrogens (tertiary/aromatic N) is 5. The van der Waals surface area contributed by atoms with Crippen LogP contribution in [0.25, 0.3) is 11.2 Å². The lowest BCUT2D eigenvalue weighted by molar-refractivity contribution is -0.0135. The van der Waals surface area contributed by atoms with E-state index in [1.807, 2.05) is 27.7 Å². The number of rotatable bonds is 11. The Labute approximate surface area is 198 Å². The van der Waals surface area contributed by atoms with E-state index in [-0.39, 0.29) is 42.7 Å². The number of aromatic amines is 1. The lowest BCUT2D eigenvalue weighted by Gasteiger charge is -2.37. The van der Waals surface area contributed by atoms with Crippen LogP contribution in [0.3, 0.4) is 0 Å². The second-order valence-corrected chi connectivity index (χ2v) is 9.70. The number of carboxylic acid groups (broad SMARTS) is 1. The molecule has 0 aliphatic carbocycles. The Morgan fingerprint density at radius 3 is 2.82 bits per heavy atom. The number of nitriles is 1. The van der Waals surface area contributed by atoms with Crippen molar-refractivity contribution in [1.29, 1.82) is 5.26 Å². The van der Waals surface area contributed by atoms with Crippen molar-refractivity contribution in [1.82, 2.24) is 29.5 Å². The van der Waals surface area contributed by atoms with E-state index in [1.54, 1.807) is 4.57 Å². The molecule has 1 fully saturated rings. The summed E-state index contributed by atoms with van der Waals surface area (Å²) in [7, 11) is -1.56. The van der Waals surface area contributed by atoms with E-state index >= 15 is 0 Å². The maximum Gasteiger partial charge on any atom is 0.404 e. The predicted octanol–water partition coefficient (Wildman–Crippen LogP) is 2.34. The van der Waals surface area contributed by atoms with Crippen molar-refractivity contribution < 1.29 is 23.7 Å². The van der Waals surface area contributed by atoms with Gasteiger partial charge in [-0.2, -0.15) is 5.26 Å². The third kappa shape index (κ3) is 6.08. The highest BCUT2D eigenvalue weighted by atomic mass is 31.2. The molecule has 0 radical (unpaired) electrons. The molecule has 1 unspecified atom stereocenters. The average molecular weight is 495 g/mol. The smallest absolute Gasteiger partial charge is 0.404 e. The number of nitrogens with one attached hydrogen (secondary N) is 2. The molecule has 0 bridgehead atoms. The van der Waals surface area contributed by atoms with Crippen molar-refractivity contribution in [2.75, 3.05) is 13.2 Å². The van der Waals surface area contributed by atoms with Crippen LogP contribution in [0.5, 0.6) is 0 Å². The lowest BCUT2D eigenvalue weighted by Crippen LogP contribution is -2.39. The topological polar surface area (TPSA) is 168 Å². The average Bonchev–Trinajstić information content (AvgIpc) is 3.36. The zero-order valence-corrected chi connectivity index (χ0v) is 20.4. The van der Waals surface area contributed by atoms with Gasteiger partial charge in [0.1, 0.15) is 12.3 Å². The summed E-state index contributed by atoms with van der Waals surface area (Å²) in [5.74, 6) is 0. The fraction of sp³-hybridized carbons (Fsp3) is 0.650. The molecule has 14 heteroatoms. The first kappa shape index (κ1) is 26.0. The first-order chi connectivity index (χ1) is 16.2. The molecule has 1 aliphatic rings. The van der Waals surface area contributed by atoms with E-state index in [1.165, 1.54) is 12.7 Å². The van der Waals surface area contributed by atoms with Gasteiger partial charge >= 0.3 is 6.09 Å². The Balaban J connectivity index is 1.86. The molecule has 0 aromatic carbocycles. The van der Waals surface area contributed by atoms with E-state index < -0.39 is 33.1 Å². The molecule has 1 aliphatic heterocycles.